The largest absolute Gasteiger partial charge is 0.367 e. The van der Waals surface area contributed by atoms with Crippen molar-refractivity contribution in [3.05, 3.63) is 54.4 Å². The molecule has 0 aliphatic rings. The number of pyridine rings is 1. The van der Waals surface area contributed by atoms with Crippen molar-refractivity contribution in [2.75, 3.05) is 37.8 Å². The molecule has 0 saturated carbocycles. The third-order valence-corrected chi connectivity index (χ3v) is 3.64. The molecule has 0 aliphatic heterocycles. The number of benzene rings is 1. The molecule has 1 amide bonds. The lowest BCUT2D eigenvalue weighted by atomic mass is 10.2. The van der Waals surface area contributed by atoms with E-state index >= 15 is 0 Å². The van der Waals surface area contributed by atoms with Gasteiger partial charge in [0.05, 0.1) is 11.2 Å². The van der Waals surface area contributed by atoms with Gasteiger partial charge < -0.3 is 15.5 Å². The van der Waals surface area contributed by atoms with Gasteiger partial charge in [-0.05, 0) is 38.4 Å². The van der Waals surface area contributed by atoms with Crippen LogP contribution in [0.3, 0.4) is 0 Å². The highest BCUT2D eigenvalue weighted by atomic mass is 16.1. The minimum atomic E-state index is -0.314. The molecule has 0 bridgehead atoms. The summed E-state index contributed by atoms with van der Waals surface area (Å²) in [7, 11) is 4.01. The van der Waals surface area contributed by atoms with Gasteiger partial charge in [-0.2, -0.15) is 0 Å². The lowest BCUT2D eigenvalue weighted by Gasteiger charge is -2.10. The Hall–Kier alpha value is -3.06. The molecule has 25 heavy (non-hydrogen) atoms. The van der Waals surface area contributed by atoms with Crippen LogP contribution >= 0.6 is 0 Å². The summed E-state index contributed by atoms with van der Waals surface area (Å²) in [4.78, 5) is 18.8. The van der Waals surface area contributed by atoms with Crippen molar-refractivity contribution in [1.82, 2.24) is 20.1 Å². The molecule has 3 rings (SSSR count). The summed E-state index contributed by atoms with van der Waals surface area (Å²) in [5, 5.41) is 15.0. The number of amides is 1. The van der Waals surface area contributed by atoms with Gasteiger partial charge in [0.15, 0.2) is 5.69 Å². The average Bonchev–Trinajstić information content (AvgIpc) is 2.62. The molecule has 0 fully saturated rings. The summed E-state index contributed by atoms with van der Waals surface area (Å²) in [6.45, 7) is 1.65. The van der Waals surface area contributed by atoms with Crippen molar-refractivity contribution in [2.24, 2.45) is 0 Å². The molecule has 0 saturated heterocycles. The number of hydrogen-bond donors (Lipinski definition) is 2. The summed E-state index contributed by atoms with van der Waals surface area (Å²) in [6, 6.07) is 12.9. The Morgan fingerprint density at radius 1 is 1.08 bits per heavy atom. The summed E-state index contributed by atoms with van der Waals surface area (Å²) in [5.41, 5.74) is 1.65. The van der Waals surface area contributed by atoms with Gasteiger partial charge in [0.1, 0.15) is 5.82 Å². The van der Waals surface area contributed by atoms with Gasteiger partial charge in [-0.15, -0.1) is 10.2 Å². The highest BCUT2D eigenvalue weighted by molar-refractivity contribution is 6.07. The number of fused-ring (bicyclic) bond motifs is 1. The number of carbonyl (C=O) groups excluding carboxylic acids is 1. The first kappa shape index (κ1) is 16.8. The standard InChI is InChI=1S/C18H20N6O/c1-24(2)12-11-19-16-9-8-15(22-23-16)18(25)21-14-7-3-5-13-6-4-10-20-17(13)14/h3-10H,11-12H2,1-2H3,(H,19,23)(H,21,25). The molecule has 128 valence electrons. The number of likely N-dealkylation sites (N-methyl/N-ethyl adjacent to an activating group) is 1. The molecule has 0 aliphatic carbocycles. The van der Waals surface area contributed by atoms with Crippen LogP contribution in [0.1, 0.15) is 10.5 Å². The lowest BCUT2D eigenvalue weighted by molar-refractivity contribution is 0.102. The molecule has 2 N–H and O–H groups in total. The van der Waals surface area contributed by atoms with Crippen LogP contribution < -0.4 is 10.6 Å². The number of rotatable bonds is 6. The Morgan fingerprint density at radius 3 is 2.68 bits per heavy atom. The van der Waals surface area contributed by atoms with Crippen LogP contribution in [-0.2, 0) is 0 Å². The minimum Gasteiger partial charge on any atom is -0.367 e. The van der Waals surface area contributed by atoms with Gasteiger partial charge in [0.2, 0.25) is 0 Å². The monoisotopic (exact) mass is 336 g/mol. The van der Waals surface area contributed by atoms with Crippen LogP contribution in [0.4, 0.5) is 11.5 Å². The minimum absolute atomic E-state index is 0.256. The summed E-state index contributed by atoms with van der Waals surface area (Å²) in [6.07, 6.45) is 1.70. The molecular formula is C18H20N6O. The van der Waals surface area contributed by atoms with Gasteiger partial charge in [-0.25, -0.2) is 0 Å². The molecule has 0 atom stereocenters. The number of anilines is 2. The van der Waals surface area contributed by atoms with E-state index in [4.69, 9.17) is 0 Å². The first-order valence-electron chi connectivity index (χ1n) is 8.01. The topological polar surface area (TPSA) is 83.0 Å². The van der Waals surface area contributed by atoms with Gasteiger partial charge in [0, 0.05) is 24.7 Å². The van der Waals surface area contributed by atoms with Crippen molar-refractivity contribution in [3.8, 4) is 0 Å². The predicted molar refractivity (Wildman–Crippen MR) is 98.8 cm³/mol. The maximum atomic E-state index is 12.4. The summed E-state index contributed by atoms with van der Waals surface area (Å²) >= 11 is 0. The van der Waals surface area contributed by atoms with Crippen LogP contribution in [-0.4, -0.2) is 53.2 Å². The van der Waals surface area contributed by atoms with E-state index in [9.17, 15) is 4.79 Å². The van der Waals surface area contributed by atoms with E-state index in [0.29, 0.717) is 11.5 Å². The summed E-state index contributed by atoms with van der Waals surface area (Å²) in [5.74, 6) is 0.329. The van der Waals surface area contributed by atoms with E-state index in [1.54, 1.807) is 18.3 Å². The van der Waals surface area contributed by atoms with E-state index < -0.39 is 0 Å². The molecule has 1 aromatic carbocycles. The smallest absolute Gasteiger partial charge is 0.276 e. The maximum absolute atomic E-state index is 12.4. The average molecular weight is 336 g/mol. The first-order valence-corrected chi connectivity index (χ1v) is 8.01. The molecule has 2 heterocycles. The van der Waals surface area contributed by atoms with Crippen molar-refractivity contribution < 1.29 is 4.79 Å². The second kappa shape index (κ2) is 7.67. The number of carbonyl (C=O) groups is 1. The quantitative estimate of drug-likeness (QED) is 0.718. The van der Waals surface area contributed by atoms with E-state index in [1.807, 2.05) is 44.4 Å². The van der Waals surface area contributed by atoms with E-state index in [-0.39, 0.29) is 11.6 Å². The van der Waals surface area contributed by atoms with Crippen molar-refractivity contribution in [1.29, 1.82) is 0 Å². The van der Waals surface area contributed by atoms with Crippen LogP contribution in [0.5, 0.6) is 0 Å². The second-order valence-electron chi connectivity index (χ2n) is 5.87. The fraction of sp³-hybridized carbons (Fsp3) is 0.222. The Bertz CT molecular complexity index is 858. The molecule has 0 radical (unpaired) electrons. The zero-order valence-electron chi connectivity index (χ0n) is 14.2. The first-order chi connectivity index (χ1) is 12.1. The fourth-order valence-electron chi connectivity index (χ4n) is 2.35. The Kier molecular flexibility index (Phi) is 5.15. The zero-order chi connectivity index (χ0) is 17.6. The third-order valence-electron chi connectivity index (χ3n) is 3.64. The molecule has 2 aromatic heterocycles. The SMILES string of the molecule is CN(C)CCNc1ccc(C(=O)Nc2cccc3cccnc23)nn1. The number of nitrogens with zero attached hydrogens (tertiary/aromatic N) is 4. The Labute approximate surface area is 146 Å². The highest BCUT2D eigenvalue weighted by Gasteiger charge is 2.11. The van der Waals surface area contributed by atoms with E-state index in [2.05, 4.69) is 30.7 Å². The lowest BCUT2D eigenvalue weighted by Crippen LogP contribution is -2.21. The van der Waals surface area contributed by atoms with Gasteiger partial charge in [-0.3, -0.25) is 9.78 Å². The normalized spacial score (nSPS) is 10.8. The van der Waals surface area contributed by atoms with Crippen molar-refractivity contribution >= 4 is 28.3 Å². The third kappa shape index (κ3) is 4.27. The van der Waals surface area contributed by atoms with Crippen LogP contribution in [0.15, 0.2) is 48.7 Å². The van der Waals surface area contributed by atoms with E-state index in [1.165, 1.54) is 0 Å². The van der Waals surface area contributed by atoms with Crippen molar-refractivity contribution in [3.63, 3.8) is 0 Å². The maximum Gasteiger partial charge on any atom is 0.276 e. The van der Waals surface area contributed by atoms with Crippen molar-refractivity contribution in [2.45, 2.75) is 0 Å². The molecule has 0 spiro atoms. The highest BCUT2D eigenvalue weighted by Crippen LogP contribution is 2.21. The number of aromatic nitrogens is 3. The van der Waals surface area contributed by atoms with Crippen LogP contribution in [0.25, 0.3) is 10.9 Å². The van der Waals surface area contributed by atoms with E-state index in [0.717, 1.165) is 24.0 Å². The van der Waals surface area contributed by atoms with Crippen LogP contribution in [0, 0.1) is 0 Å². The number of para-hydroxylation sites is 1. The summed E-state index contributed by atoms with van der Waals surface area (Å²) < 4.78 is 0. The molecule has 3 aromatic rings. The fourth-order valence-corrected chi connectivity index (χ4v) is 2.35. The molecular weight excluding hydrogens is 316 g/mol. The number of hydrogen-bond acceptors (Lipinski definition) is 6. The molecule has 7 heteroatoms. The molecule has 0 unspecified atom stereocenters. The predicted octanol–water partition coefficient (Wildman–Crippen LogP) is 2.25. The van der Waals surface area contributed by atoms with Gasteiger partial charge in [0.25, 0.3) is 5.91 Å². The van der Waals surface area contributed by atoms with Gasteiger partial charge >= 0.3 is 0 Å². The Morgan fingerprint density at radius 2 is 1.92 bits per heavy atom. The van der Waals surface area contributed by atoms with Crippen LogP contribution in [0.2, 0.25) is 0 Å². The second-order valence-corrected chi connectivity index (χ2v) is 5.87. The van der Waals surface area contributed by atoms with Gasteiger partial charge in [-0.1, -0.05) is 18.2 Å². The molecule has 7 nitrogen and oxygen atoms in total. The zero-order valence-corrected chi connectivity index (χ0v) is 14.2. The number of nitrogens with one attached hydrogen (secondary N) is 2. The Balaban J connectivity index is 1.68.